The van der Waals surface area contributed by atoms with Crippen molar-refractivity contribution in [2.45, 2.75) is 18.2 Å². The number of nitriles is 2. The van der Waals surface area contributed by atoms with Gasteiger partial charge in [0, 0.05) is 17.3 Å². The lowest BCUT2D eigenvalue weighted by Crippen LogP contribution is -2.16. The van der Waals surface area contributed by atoms with E-state index >= 15 is 0 Å². The molecule has 2 aromatic heterocycles. The molecule has 0 saturated carbocycles. The second-order valence-electron chi connectivity index (χ2n) is 5.71. The van der Waals surface area contributed by atoms with Gasteiger partial charge in [-0.1, -0.05) is 0 Å². The van der Waals surface area contributed by atoms with E-state index in [1.165, 1.54) is 25.3 Å². The summed E-state index contributed by atoms with van der Waals surface area (Å²) >= 11 is 0. The Bertz CT molecular complexity index is 1280. The standard InChI is InChI=1S/C18H12N4O4S/c1-11-16(8-17(23)24)15-3-2-6-21-18(15)22(11)27(25,26)14-5-4-12(9-19)13(7-14)10-20/h2-7H,8H2,1H3,(H,23,24). The molecule has 0 unspecified atom stereocenters. The van der Waals surface area contributed by atoms with Crippen molar-refractivity contribution in [1.29, 1.82) is 10.5 Å². The van der Waals surface area contributed by atoms with E-state index in [4.69, 9.17) is 15.6 Å². The monoisotopic (exact) mass is 380 g/mol. The second-order valence-corrected chi connectivity index (χ2v) is 7.50. The zero-order valence-corrected chi connectivity index (χ0v) is 14.9. The van der Waals surface area contributed by atoms with Crippen molar-refractivity contribution in [1.82, 2.24) is 8.96 Å². The van der Waals surface area contributed by atoms with E-state index in [1.54, 1.807) is 18.2 Å². The van der Waals surface area contributed by atoms with Gasteiger partial charge in [0.1, 0.15) is 12.1 Å². The highest BCUT2D eigenvalue weighted by atomic mass is 32.2. The minimum absolute atomic E-state index is 0.0635. The lowest BCUT2D eigenvalue weighted by atomic mass is 10.1. The first-order chi connectivity index (χ1) is 12.8. The highest BCUT2D eigenvalue weighted by molar-refractivity contribution is 7.90. The van der Waals surface area contributed by atoms with Crippen LogP contribution >= 0.6 is 0 Å². The molecule has 1 aromatic carbocycles. The van der Waals surface area contributed by atoms with Crippen LogP contribution in [0.25, 0.3) is 11.0 Å². The number of fused-ring (bicyclic) bond motifs is 1. The van der Waals surface area contributed by atoms with Crippen LogP contribution in [0.4, 0.5) is 0 Å². The van der Waals surface area contributed by atoms with Gasteiger partial charge in [-0.3, -0.25) is 4.79 Å². The molecular formula is C18H12N4O4S. The summed E-state index contributed by atoms with van der Waals surface area (Å²) in [7, 11) is -4.17. The summed E-state index contributed by atoms with van der Waals surface area (Å²) in [5.41, 5.74) is 0.688. The zero-order valence-electron chi connectivity index (χ0n) is 14.0. The number of nitrogens with zero attached hydrogens (tertiary/aromatic N) is 4. The highest BCUT2D eigenvalue weighted by Gasteiger charge is 2.27. The summed E-state index contributed by atoms with van der Waals surface area (Å²) < 4.78 is 27.4. The van der Waals surface area contributed by atoms with Crippen molar-refractivity contribution in [2.24, 2.45) is 0 Å². The molecule has 0 atom stereocenters. The van der Waals surface area contributed by atoms with Gasteiger partial charge < -0.3 is 5.11 Å². The van der Waals surface area contributed by atoms with Gasteiger partial charge in [-0.25, -0.2) is 17.4 Å². The minimum atomic E-state index is -4.17. The van der Waals surface area contributed by atoms with Gasteiger partial charge in [0.25, 0.3) is 10.0 Å². The Labute approximate surface area is 154 Å². The summed E-state index contributed by atoms with van der Waals surface area (Å²) in [6, 6.07) is 10.5. The topological polar surface area (TPSA) is 137 Å². The molecular weight excluding hydrogens is 368 g/mol. The van der Waals surface area contributed by atoms with Crippen molar-refractivity contribution in [3.8, 4) is 12.1 Å². The Morgan fingerprint density at radius 3 is 2.56 bits per heavy atom. The number of aliphatic carboxylic acids is 1. The van der Waals surface area contributed by atoms with E-state index < -0.39 is 16.0 Å². The Hall–Kier alpha value is -3.69. The summed E-state index contributed by atoms with van der Waals surface area (Å²) in [5, 5.41) is 27.8. The predicted molar refractivity (Wildman–Crippen MR) is 94.3 cm³/mol. The lowest BCUT2D eigenvalue weighted by molar-refractivity contribution is -0.136. The molecule has 0 amide bonds. The third-order valence-corrected chi connectivity index (χ3v) is 5.92. The number of carbonyl (C=O) groups is 1. The smallest absolute Gasteiger partial charge is 0.307 e. The first-order valence-corrected chi connectivity index (χ1v) is 9.11. The zero-order chi connectivity index (χ0) is 19.8. The molecule has 3 aromatic rings. The molecule has 0 bridgehead atoms. The van der Waals surface area contributed by atoms with Crippen LogP contribution < -0.4 is 0 Å². The van der Waals surface area contributed by atoms with E-state index in [1.807, 2.05) is 6.07 Å². The number of aromatic nitrogens is 2. The molecule has 0 saturated heterocycles. The Kier molecular flexibility index (Phi) is 4.40. The molecule has 0 spiro atoms. The maximum atomic E-state index is 13.2. The number of hydrogen-bond acceptors (Lipinski definition) is 6. The second kappa shape index (κ2) is 6.56. The number of carboxylic acid groups (broad SMARTS) is 1. The number of hydrogen-bond donors (Lipinski definition) is 1. The molecule has 0 aliphatic heterocycles. The fourth-order valence-electron chi connectivity index (χ4n) is 2.92. The summed E-state index contributed by atoms with van der Waals surface area (Å²) in [6.45, 7) is 1.51. The maximum Gasteiger partial charge on any atom is 0.307 e. The Morgan fingerprint density at radius 1 is 1.22 bits per heavy atom. The molecule has 0 radical (unpaired) electrons. The molecule has 9 heteroatoms. The quantitative estimate of drug-likeness (QED) is 0.730. The first-order valence-electron chi connectivity index (χ1n) is 7.67. The molecule has 134 valence electrons. The van der Waals surface area contributed by atoms with Gasteiger partial charge in [0.2, 0.25) is 0 Å². The van der Waals surface area contributed by atoms with Gasteiger partial charge >= 0.3 is 5.97 Å². The van der Waals surface area contributed by atoms with Crippen LogP contribution in [0.1, 0.15) is 22.4 Å². The van der Waals surface area contributed by atoms with Crippen molar-refractivity contribution in [3.05, 3.63) is 58.9 Å². The van der Waals surface area contributed by atoms with Gasteiger partial charge in [-0.05, 0) is 42.8 Å². The molecule has 8 nitrogen and oxygen atoms in total. The van der Waals surface area contributed by atoms with E-state index in [0.29, 0.717) is 10.9 Å². The molecule has 0 aliphatic rings. The molecule has 3 rings (SSSR count). The lowest BCUT2D eigenvalue weighted by Gasteiger charge is -2.10. The minimum Gasteiger partial charge on any atom is -0.481 e. The molecule has 1 N–H and O–H groups in total. The highest BCUT2D eigenvalue weighted by Crippen LogP contribution is 2.29. The van der Waals surface area contributed by atoms with Crippen molar-refractivity contribution in [2.75, 3.05) is 0 Å². The number of pyridine rings is 1. The number of carboxylic acids is 1. The first kappa shape index (κ1) is 18.1. The average molecular weight is 380 g/mol. The van der Waals surface area contributed by atoms with E-state index in [9.17, 15) is 13.2 Å². The third-order valence-electron chi connectivity index (χ3n) is 4.14. The summed E-state index contributed by atoms with van der Waals surface area (Å²) in [6.07, 6.45) is 1.06. The Morgan fingerprint density at radius 2 is 1.93 bits per heavy atom. The summed E-state index contributed by atoms with van der Waals surface area (Å²) in [4.78, 5) is 15.1. The van der Waals surface area contributed by atoms with Crippen molar-refractivity contribution in [3.63, 3.8) is 0 Å². The molecule has 2 heterocycles. The van der Waals surface area contributed by atoms with Crippen LogP contribution in [0.15, 0.2) is 41.4 Å². The van der Waals surface area contributed by atoms with Crippen LogP contribution in [-0.2, 0) is 21.2 Å². The molecule has 0 fully saturated rings. The maximum absolute atomic E-state index is 13.2. The fraction of sp³-hybridized carbons (Fsp3) is 0.111. The van der Waals surface area contributed by atoms with Gasteiger partial charge in [-0.15, -0.1) is 0 Å². The van der Waals surface area contributed by atoms with Crippen molar-refractivity contribution < 1.29 is 18.3 Å². The Balaban J connectivity index is 2.32. The van der Waals surface area contributed by atoms with Gasteiger partial charge in [0.05, 0.1) is 22.4 Å². The van der Waals surface area contributed by atoms with Crippen LogP contribution in [0.3, 0.4) is 0 Å². The number of benzene rings is 1. The van der Waals surface area contributed by atoms with Crippen molar-refractivity contribution >= 4 is 27.0 Å². The van der Waals surface area contributed by atoms with E-state index in [0.717, 1.165) is 10.0 Å². The van der Waals surface area contributed by atoms with Crippen LogP contribution in [0.5, 0.6) is 0 Å². The van der Waals surface area contributed by atoms with Gasteiger partial charge in [0.15, 0.2) is 5.65 Å². The normalized spacial score (nSPS) is 11.1. The largest absolute Gasteiger partial charge is 0.481 e. The molecule has 0 aliphatic carbocycles. The molecule has 27 heavy (non-hydrogen) atoms. The van der Waals surface area contributed by atoms with E-state index in [-0.39, 0.29) is 33.8 Å². The van der Waals surface area contributed by atoms with Crippen LogP contribution in [0, 0.1) is 29.6 Å². The predicted octanol–water partition coefficient (Wildman–Crippen LogP) is 1.95. The average Bonchev–Trinajstić information content (AvgIpc) is 2.93. The summed E-state index contributed by atoms with van der Waals surface area (Å²) in [5.74, 6) is -1.09. The van der Waals surface area contributed by atoms with Gasteiger partial charge in [-0.2, -0.15) is 10.5 Å². The number of rotatable bonds is 4. The third kappa shape index (κ3) is 2.90. The van der Waals surface area contributed by atoms with E-state index in [2.05, 4.69) is 4.98 Å². The SMILES string of the molecule is Cc1c(CC(=O)O)c2cccnc2n1S(=O)(=O)c1ccc(C#N)c(C#N)c1. The van der Waals surface area contributed by atoms with Crippen LogP contribution in [-0.4, -0.2) is 28.5 Å². The van der Waals surface area contributed by atoms with Crippen LogP contribution in [0.2, 0.25) is 0 Å². The fourth-order valence-corrected chi connectivity index (χ4v) is 4.48.